The van der Waals surface area contributed by atoms with E-state index in [1.807, 2.05) is 42.5 Å². The monoisotopic (exact) mass is 534 g/mol. The zero-order valence-electron chi connectivity index (χ0n) is 19.8. The standard InChI is InChI=1S/C27H31ClN2O3S.ClH/c1-29-19-8-7-10-24(29)18-20-33-27-13-6-5-9-22(27)21-30(25-11-3-2-4-12-25)34(31,32)26-16-14-23(28)15-17-26;/h2-6,9,11-17,24H,7-8,10,18-21H2,1H3;1H. The van der Waals surface area contributed by atoms with Gasteiger partial charge in [0.1, 0.15) is 5.75 Å². The van der Waals surface area contributed by atoms with Crippen LogP contribution in [0, 0.1) is 0 Å². The molecule has 188 valence electrons. The van der Waals surface area contributed by atoms with E-state index in [0.29, 0.717) is 29.1 Å². The molecule has 1 fully saturated rings. The lowest BCUT2D eigenvalue weighted by Gasteiger charge is -2.32. The summed E-state index contributed by atoms with van der Waals surface area (Å²) in [5.41, 5.74) is 1.41. The molecule has 3 aromatic carbocycles. The molecule has 0 amide bonds. The summed E-state index contributed by atoms with van der Waals surface area (Å²) in [5, 5.41) is 0.493. The van der Waals surface area contributed by atoms with Crippen LogP contribution in [-0.4, -0.2) is 39.6 Å². The highest BCUT2D eigenvalue weighted by atomic mass is 35.5. The Morgan fingerprint density at radius 3 is 2.37 bits per heavy atom. The van der Waals surface area contributed by atoms with Crippen LogP contribution in [0.2, 0.25) is 5.02 Å². The first-order valence-electron chi connectivity index (χ1n) is 11.7. The SMILES string of the molecule is CN1CCCCC1CCOc1ccccc1CN(c1ccccc1)S(=O)(=O)c1ccc(Cl)cc1.Cl. The summed E-state index contributed by atoms with van der Waals surface area (Å²) in [6, 6.07) is 23.6. The molecule has 0 spiro atoms. The average molecular weight is 536 g/mol. The van der Waals surface area contributed by atoms with Crippen molar-refractivity contribution >= 4 is 39.7 Å². The van der Waals surface area contributed by atoms with Crippen LogP contribution in [0.3, 0.4) is 0 Å². The Bertz CT molecular complexity index is 1170. The second kappa shape index (κ2) is 12.6. The predicted octanol–water partition coefficient (Wildman–Crippen LogP) is 6.41. The molecule has 0 aliphatic carbocycles. The highest BCUT2D eigenvalue weighted by Gasteiger charge is 2.26. The summed E-state index contributed by atoms with van der Waals surface area (Å²) in [6.07, 6.45) is 4.67. The summed E-state index contributed by atoms with van der Waals surface area (Å²) in [7, 11) is -1.64. The number of para-hydroxylation sites is 2. The molecule has 4 rings (SSSR count). The van der Waals surface area contributed by atoms with Crippen LogP contribution in [0.4, 0.5) is 5.69 Å². The minimum absolute atomic E-state index is 0. The predicted molar refractivity (Wildman–Crippen MR) is 145 cm³/mol. The van der Waals surface area contributed by atoms with Crippen molar-refractivity contribution in [2.75, 3.05) is 24.5 Å². The first-order valence-corrected chi connectivity index (χ1v) is 13.5. The number of nitrogens with zero attached hydrogens (tertiary/aromatic N) is 2. The lowest BCUT2D eigenvalue weighted by atomic mass is 10.0. The lowest BCUT2D eigenvalue weighted by Crippen LogP contribution is -2.37. The minimum Gasteiger partial charge on any atom is -0.493 e. The van der Waals surface area contributed by atoms with Gasteiger partial charge in [-0.05, 0) is 75.3 Å². The van der Waals surface area contributed by atoms with Crippen LogP contribution in [0.15, 0.2) is 83.8 Å². The molecule has 0 saturated carbocycles. The van der Waals surface area contributed by atoms with Crippen molar-refractivity contribution in [3.8, 4) is 5.75 Å². The van der Waals surface area contributed by atoms with E-state index in [1.165, 1.54) is 35.7 Å². The Morgan fingerprint density at radius 1 is 0.971 bits per heavy atom. The second-order valence-electron chi connectivity index (χ2n) is 8.68. The van der Waals surface area contributed by atoms with Crippen LogP contribution >= 0.6 is 24.0 Å². The van der Waals surface area contributed by atoms with Crippen LogP contribution in [0.25, 0.3) is 0 Å². The van der Waals surface area contributed by atoms with E-state index in [4.69, 9.17) is 16.3 Å². The van der Waals surface area contributed by atoms with Crippen molar-refractivity contribution in [3.63, 3.8) is 0 Å². The molecule has 3 aromatic rings. The molecule has 5 nitrogen and oxygen atoms in total. The largest absolute Gasteiger partial charge is 0.493 e. The summed E-state index contributed by atoms with van der Waals surface area (Å²) in [6.45, 7) is 1.89. The summed E-state index contributed by atoms with van der Waals surface area (Å²) < 4.78 is 34.9. The normalized spacial score (nSPS) is 16.3. The molecule has 1 heterocycles. The number of benzene rings is 3. The topological polar surface area (TPSA) is 49.9 Å². The molecule has 0 radical (unpaired) electrons. The van der Waals surface area contributed by atoms with E-state index in [1.54, 1.807) is 24.3 Å². The highest BCUT2D eigenvalue weighted by molar-refractivity contribution is 7.92. The van der Waals surface area contributed by atoms with Crippen molar-refractivity contribution in [2.45, 2.75) is 43.2 Å². The summed E-state index contributed by atoms with van der Waals surface area (Å²) >= 11 is 5.99. The van der Waals surface area contributed by atoms with Crippen LogP contribution in [0.5, 0.6) is 5.75 Å². The van der Waals surface area contributed by atoms with Crippen molar-refractivity contribution < 1.29 is 13.2 Å². The third kappa shape index (κ3) is 6.91. The van der Waals surface area contributed by atoms with Gasteiger partial charge >= 0.3 is 0 Å². The van der Waals surface area contributed by atoms with Gasteiger partial charge in [0.05, 0.1) is 23.7 Å². The average Bonchev–Trinajstić information content (AvgIpc) is 2.85. The molecule has 8 heteroatoms. The third-order valence-electron chi connectivity index (χ3n) is 6.36. The van der Waals surface area contributed by atoms with Crippen molar-refractivity contribution in [1.29, 1.82) is 0 Å². The van der Waals surface area contributed by atoms with Gasteiger partial charge in [-0.3, -0.25) is 4.31 Å². The Balaban J connectivity index is 0.00000342. The molecule has 1 unspecified atom stereocenters. The molecule has 1 aliphatic rings. The highest BCUT2D eigenvalue weighted by Crippen LogP contribution is 2.30. The first-order chi connectivity index (χ1) is 16.4. The smallest absolute Gasteiger partial charge is 0.264 e. The number of hydrogen-bond acceptors (Lipinski definition) is 4. The van der Waals surface area contributed by atoms with E-state index in [0.717, 1.165) is 18.5 Å². The number of ether oxygens (including phenoxy) is 1. The molecule has 1 saturated heterocycles. The van der Waals surface area contributed by atoms with Gasteiger partial charge in [-0.25, -0.2) is 8.42 Å². The number of likely N-dealkylation sites (tertiary alicyclic amines) is 1. The number of rotatable bonds is 9. The Kier molecular flexibility index (Phi) is 9.87. The fourth-order valence-corrected chi connectivity index (χ4v) is 5.96. The lowest BCUT2D eigenvalue weighted by molar-refractivity contribution is 0.153. The Morgan fingerprint density at radius 2 is 1.66 bits per heavy atom. The molecule has 0 N–H and O–H groups in total. The van der Waals surface area contributed by atoms with Crippen molar-refractivity contribution in [1.82, 2.24) is 4.90 Å². The number of sulfonamides is 1. The second-order valence-corrected chi connectivity index (χ2v) is 11.0. The Labute approximate surface area is 220 Å². The van der Waals surface area contributed by atoms with Crippen LogP contribution in [-0.2, 0) is 16.6 Å². The number of piperidine rings is 1. The van der Waals surface area contributed by atoms with Gasteiger partial charge in [-0.1, -0.05) is 54.4 Å². The van der Waals surface area contributed by atoms with Crippen LogP contribution < -0.4 is 9.04 Å². The molecule has 1 atom stereocenters. The van der Waals surface area contributed by atoms with Gasteiger partial charge < -0.3 is 9.64 Å². The van der Waals surface area contributed by atoms with Crippen molar-refractivity contribution in [3.05, 3.63) is 89.4 Å². The number of hydrogen-bond donors (Lipinski definition) is 0. The molecule has 1 aliphatic heterocycles. The van der Waals surface area contributed by atoms with Gasteiger partial charge in [-0.15, -0.1) is 12.4 Å². The quantitative estimate of drug-likeness (QED) is 0.318. The fraction of sp³-hybridized carbons (Fsp3) is 0.333. The van der Waals surface area contributed by atoms with E-state index in [2.05, 4.69) is 11.9 Å². The Hall–Kier alpha value is -2.25. The van der Waals surface area contributed by atoms with E-state index >= 15 is 0 Å². The molecule has 35 heavy (non-hydrogen) atoms. The minimum atomic E-state index is -3.82. The third-order valence-corrected chi connectivity index (χ3v) is 8.40. The summed E-state index contributed by atoms with van der Waals surface area (Å²) in [5.74, 6) is 0.716. The van der Waals surface area contributed by atoms with Crippen LogP contribution in [0.1, 0.15) is 31.2 Å². The maximum atomic E-state index is 13.7. The molecular formula is C27H32Cl2N2O3S. The molecular weight excluding hydrogens is 503 g/mol. The van der Waals surface area contributed by atoms with E-state index in [9.17, 15) is 8.42 Å². The van der Waals surface area contributed by atoms with Crippen molar-refractivity contribution in [2.24, 2.45) is 0 Å². The van der Waals surface area contributed by atoms with E-state index < -0.39 is 10.0 Å². The van der Waals surface area contributed by atoms with Gasteiger partial charge in [0.2, 0.25) is 0 Å². The fourth-order valence-electron chi connectivity index (χ4n) is 4.39. The maximum absolute atomic E-state index is 13.7. The molecule has 0 bridgehead atoms. The van der Waals surface area contributed by atoms with Gasteiger partial charge in [-0.2, -0.15) is 0 Å². The van der Waals surface area contributed by atoms with Gasteiger partial charge in [0.25, 0.3) is 10.0 Å². The molecule has 0 aromatic heterocycles. The number of anilines is 1. The van der Waals surface area contributed by atoms with Gasteiger partial charge in [0, 0.05) is 16.6 Å². The zero-order chi connectivity index (χ0) is 24.0. The maximum Gasteiger partial charge on any atom is 0.264 e. The zero-order valence-corrected chi connectivity index (χ0v) is 22.2. The van der Waals surface area contributed by atoms with Gasteiger partial charge in [0.15, 0.2) is 0 Å². The first kappa shape index (κ1) is 27.3. The summed E-state index contributed by atoms with van der Waals surface area (Å²) in [4.78, 5) is 2.61. The number of halogens is 2. The van der Waals surface area contributed by atoms with E-state index in [-0.39, 0.29) is 23.8 Å².